The first-order chi connectivity index (χ1) is 7.72. The van der Waals surface area contributed by atoms with E-state index in [1.54, 1.807) is 18.2 Å². The van der Waals surface area contributed by atoms with Crippen LogP contribution < -0.4 is 5.32 Å². The van der Waals surface area contributed by atoms with E-state index >= 15 is 0 Å². The first kappa shape index (κ1) is 11.1. The first-order valence-corrected chi connectivity index (χ1v) is 5.29. The predicted molar refractivity (Wildman–Crippen MR) is 59.7 cm³/mol. The number of furan rings is 1. The van der Waals surface area contributed by atoms with Gasteiger partial charge in [-0.15, -0.1) is 0 Å². The molecule has 0 saturated heterocycles. The van der Waals surface area contributed by atoms with Crippen LogP contribution in [-0.2, 0) is 0 Å². The summed E-state index contributed by atoms with van der Waals surface area (Å²) < 4.78 is 18.6. The summed E-state index contributed by atoms with van der Waals surface area (Å²) in [4.78, 5) is 0. The highest BCUT2D eigenvalue weighted by Crippen LogP contribution is 2.25. The fourth-order valence-electron chi connectivity index (χ4n) is 1.59. The molecule has 0 bridgehead atoms. The number of likely N-dealkylation sites (N-methyl/N-ethyl adjacent to an activating group) is 1. The van der Waals surface area contributed by atoms with Crippen molar-refractivity contribution in [1.29, 1.82) is 0 Å². The lowest BCUT2D eigenvalue weighted by molar-refractivity contribution is 0.150. The number of hydrogen-bond donors (Lipinski definition) is 2. The lowest BCUT2D eigenvalue weighted by Gasteiger charge is -2.06. The van der Waals surface area contributed by atoms with Crippen molar-refractivity contribution in [2.45, 2.75) is 13.0 Å². The molecule has 2 rings (SSSR count). The van der Waals surface area contributed by atoms with Crippen molar-refractivity contribution in [2.24, 2.45) is 0 Å². The summed E-state index contributed by atoms with van der Waals surface area (Å²) in [7, 11) is 0. The maximum absolute atomic E-state index is 13.3. The number of rotatable bonds is 4. The molecule has 1 aromatic carbocycles. The Kier molecular flexibility index (Phi) is 3.22. The normalized spacial score (nSPS) is 13.2. The lowest BCUT2D eigenvalue weighted by atomic mass is 10.2. The summed E-state index contributed by atoms with van der Waals surface area (Å²) in [6.45, 7) is 3.12. The minimum atomic E-state index is -0.744. The molecular formula is C12H14FNO2. The summed E-state index contributed by atoms with van der Waals surface area (Å²) in [6.07, 6.45) is -0.744. The van der Waals surface area contributed by atoms with Crippen LogP contribution in [0.4, 0.5) is 4.39 Å². The van der Waals surface area contributed by atoms with Gasteiger partial charge in [-0.1, -0.05) is 19.1 Å². The average Bonchev–Trinajstić information content (AvgIpc) is 2.71. The minimum Gasteiger partial charge on any atom is -0.455 e. The van der Waals surface area contributed by atoms with E-state index in [9.17, 15) is 9.50 Å². The number of aliphatic hydroxyl groups is 1. The van der Waals surface area contributed by atoms with Gasteiger partial charge in [0.2, 0.25) is 0 Å². The Bertz CT molecular complexity index is 481. The Balaban J connectivity index is 2.29. The standard InChI is InChI=1S/C12H14FNO2/c1-2-14-7-10(15)11-6-8-4-3-5-9(13)12(8)16-11/h3-6,10,14-15H,2,7H2,1H3. The summed E-state index contributed by atoms with van der Waals surface area (Å²) in [5.41, 5.74) is 0.202. The van der Waals surface area contributed by atoms with E-state index in [4.69, 9.17) is 4.42 Å². The third kappa shape index (κ3) is 2.08. The Morgan fingerprint density at radius 2 is 2.31 bits per heavy atom. The maximum Gasteiger partial charge on any atom is 0.170 e. The molecule has 0 aliphatic rings. The van der Waals surface area contributed by atoms with Gasteiger partial charge in [-0.05, 0) is 18.7 Å². The zero-order valence-corrected chi connectivity index (χ0v) is 9.03. The van der Waals surface area contributed by atoms with Crippen LogP contribution in [-0.4, -0.2) is 18.2 Å². The molecule has 0 radical (unpaired) electrons. The van der Waals surface area contributed by atoms with Crippen molar-refractivity contribution in [2.75, 3.05) is 13.1 Å². The molecule has 2 aromatic rings. The van der Waals surface area contributed by atoms with Crippen molar-refractivity contribution in [3.63, 3.8) is 0 Å². The van der Waals surface area contributed by atoms with Crippen molar-refractivity contribution in [3.8, 4) is 0 Å². The van der Waals surface area contributed by atoms with E-state index in [1.807, 2.05) is 6.92 Å². The number of para-hydroxylation sites is 1. The van der Waals surface area contributed by atoms with Gasteiger partial charge in [-0.25, -0.2) is 4.39 Å². The third-order valence-corrected chi connectivity index (χ3v) is 2.43. The van der Waals surface area contributed by atoms with Gasteiger partial charge >= 0.3 is 0 Å². The Labute approximate surface area is 92.9 Å². The summed E-state index contributed by atoms with van der Waals surface area (Å²) in [5, 5.41) is 13.4. The van der Waals surface area contributed by atoms with Gasteiger partial charge in [-0.3, -0.25) is 0 Å². The largest absolute Gasteiger partial charge is 0.455 e. The molecule has 3 nitrogen and oxygen atoms in total. The summed E-state index contributed by atoms with van der Waals surface area (Å²) in [5.74, 6) is -0.0135. The maximum atomic E-state index is 13.3. The highest BCUT2D eigenvalue weighted by Gasteiger charge is 2.14. The van der Waals surface area contributed by atoms with Crippen molar-refractivity contribution in [1.82, 2.24) is 5.32 Å². The molecule has 0 spiro atoms. The number of fused-ring (bicyclic) bond motifs is 1. The number of benzene rings is 1. The fraction of sp³-hybridized carbons (Fsp3) is 0.333. The quantitative estimate of drug-likeness (QED) is 0.835. The highest BCUT2D eigenvalue weighted by molar-refractivity contribution is 5.78. The van der Waals surface area contributed by atoms with Gasteiger partial charge < -0.3 is 14.8 Å². The van der Waals surface area contributed by atoms with Gasteiger partial charge in [-0.2, -0.15) is 0 Å². The van der Waals surface area contributed by atoms with Gasteiger partial charge in [0, 0.05) is 11.9 Å². The molecule has 1 unspecified atom stereocenters. The molecule has 1 atom stereocenters. The van der Waals surface area contributed by atoms with Gasteiger partial charge in [0.25, 0.3) is 0 Å². The van der Waals surface area contributed by atoms with Gasteiger partial charge in [0.15, 0.2) is 11.4 Å². The second-order valence-corrected chi connectivity index (χ2v) is 3.63. The van der Waals surface area contributed by atoms with E-state index in [-0.39, 0.29) is 5.58 Å². The molecule has 2 N–H and O–H groups in total. The average molecular weight is 223 g/mol. The fourth-order valence-corrected chi connectivity index (χ4v) is 1.59. The molecule has 0 saturated carbocycles. The Morgan fingerprint density at radius 3 is 3.00 bits per heavy atom. The summed E-state index contributed by atoms with van der Waals surface area (Å²) >= 11 is 0. The minimum absolute atomic E-state index is 0.202. The van der Waals surface area contributed by atoms with Crippen LogP contribution in [0, 0.1) is 5.82 Å². The molecular weight excluding hydrogens is 209 g/mol. The third-order valence-electron chi connectivity index (χ3n) is 2.43. The topological polar surface area (TPSA) is 45.4 Å². The Hall–Kier alpha value is -1.39. The molecule has 0 fully saturated rings. The van der Waals surface area contributed by atoms with Crippen molar-refractivity contribution < 1.29 is 13.9 Å². The van der Waals surface area contributed by atoms with E-state index in [1.165, 1.54) is 6.07 Å². The highest BCUT2D eigenvalue weighted by atomic mass is 19.1. The second kappa shape index (κ2) is 4.63. The van der Waals surface area contributed by atoms with Gasteiger partial charge in [0.05, 0.1) is 0 Å². The van der Waals surface area contributed by atoms with Crippen LogP contribution in [0.2, 0.25) is 0 Å². The van der Waals surface area contributed by atoms with Crippen LogP contribution in [0.25, 0.3) is 11.0 Å². The monoisotopic (exact) mass is 223 g/mol. The molecule has 1 heterocycles. The number of nitrogens with one attached hydrogen (secondary N) is 1. The SMILES string of the molecule is CCNCC(O)c1cc2cccc(F)c2o1. The molecule has 16 heavy (non-hydrogen) atoms. The van der Waals surface area contributed by atoms with Gasteiger partial charge in [0.1, 0.15) is 11.9 Å². The molecule has 0 aliphatic heterocycles. The summed E-state index contributed by atoms with van der Waals surface area (Å²) in [6, 6.07) is 6.38. The zero-order valence-electron chi connectivity index (χ0n) is 9.03. The van der Waals surface area contributed by atoms with Crippen LogP contribution in [0.1, 0.15) is 18.8 Å². The molecule has 0 amide bonds. The van der Waals surface area contributed by atoms with E-state index < -0.39 is 11.9 Å². The molecule has 4 heteroatoms. The zero-order chi connectivity index (χ0) is 11.5. The second-order valence-electron chi connectivity index (χ2n) is 3.63. The number of halogens is 1. The van der Waals surface area contributed by atoms with Crippen LogP contribution in [0.15, 0.2) is 28.7 Å². The van der Waals surface area contributed by atoms with E-state index in [2.05, 4.69) is 5.32 Å². The molecule has 1 aromatic heterocycles. The van der Waals surface area contributed by atoms with Crippen molar-refractivity contribution >= 4 is 11.0 Å². The Morgan fingerprint density at radius 1 is 1.50 bits per heavy atom. The van der Waals surface area contributed by atoms with Crippen LogP contribution >= 0.6 is 0 Å². The predicted octanol–water partition coefficient (Wildman–Crippen LogP) is 2.21. The van der Waals surface area contributed by atoms with E-state index in [0.29, 0.717) is 17.7 Å². The molecule has 0 aliphatic carbocycles. The number of aliphatic hydroxyl groups excluding tert-OH is 1. The first-order valence-electron chi connectivity index (χ1n) is 5.29. The smallest absolute Gasteiger partial charge is 0.170 e. The van der Waals surface area contributed by atoms with E-state index in [0.717, 1.165) is 6.54 Å². The number of hydrogen-bond acceptors (Lipinski definition) is 3. The lowest BCUT2D eigenvalue weighted by Crippen LogP contribution is -2.20. The van der Waals surface area contributed by atoms with Crippen LogP contribution in [0.5, 0.6) is 0 Å². The van der Waals surface area contributed by atoms with Crippen molar-refractivity contribution in [3.05, 3.63) is 35.8 Å². The van der Waals surface area contributed by atoms with Crippen LogP contribution in [0.3, 0.4) is 0 Å². The molecule has 86 valence electrons.